The lowest BCUT2D eigenvalue weighted by molar-refractivity contribution is -0.136. The SMILES string of the molecule is CCCN1C(=O)/C(=C\c2ccc(OC)c(OC)c2OC)C(C(=O)OC)=C1C. The van der Waals surface area contributed by atoms with E-state index in [0.717, 1.165) is 6.42 Å². The maximum atomic E-state index is 12.9. The lowest BCUT2D eigenvalue weighted by Gasteiger charge is -2.16. The fraction of sp³-hybridized carbons (Fsp3) is 0.400. The van der Waals surface area contributed by atoms with E-state index in [4.69, 9.17) is 18.9 Å². The molecule has 1 aromatic rings. The molecule has 0 atom stereocenters. The van der Waals surface area contributed by atoms with E-state index < -0.39 is 5.97 Å². The van der Waals surface area contributed by atoms with Crippen LogP contribution >= 0.6 is 0 Å². The highest BCUT2D eigenvalue weighted by Crippen LogP contribution is 2.42. The number of allylic oxidation sites excluding steroid dienone is 1. The zero-order valence-corrected chi connectivity index (χ0v) is 16.5. The molecule has 0 radical (unpaired) electrons. The molecule has 0 fully saturated rings. The minimum absolute atomic E-state index is 0.244. The molecule has 0 spiro atoms. The van der Waals surface area contributed by atoms with E-state index in [2.05, 4.69) is 0 Å². The Kier molecular flexibility index (Phi) is 6.50. The van der Waals surface area contributed by atoms with Crippen molar-refractivity contribution in [1.82, 2.24) is 4.90 Å². The predicted molar refractivity (Wildman–Crippen MR) is 101 cm³/mol. The monoisotopic (exact) mass is 375 g/mol. The smallest absolute Gasteiger partial charge is 0.340 e. The van der Waals surface area contributed by atoms with Gasteiger partial charge in [0, 0.05) is 17.8 Å². The minimum Gasteiger partial charge on any atom is -0.493 e. The molecule has 1 aliphatic heterocycles. The van der Waals surface area contributed by atoms with Crippen molar-refractivity contribution < 1.29 is 28.5 Å². The van der Waals surface area contributed by atoms with Crippen LogP contribution in [0.2, 0.25) is 0 Å². The second kappa shape index (κ2) is 8.62. The third-order valence-electron chi connectivity index (χ3n) is 4.38. The second-order valence-corrected chi connectivity index (χ2v) is 5.89. The van der Waals surface area contributed by atoms with Gasteiger partial charge in [-0.2, -0.15) is 0 Å². The van der Waals surface area contributed by atoms with Gasteiger partial charge in [-0.05, 0) is 31.6 Å². The first-order chi connectivity index (χ1) is 12.9. The molecule has 27 heavy (non-hydrogen) atoms. The highest BCUT2D eigenvalue weighted by Gasteiger charge is 2.36. The molecule has 7 heteroatoms. The van der Waals surface area contributed by atoms with Crippen LogP contribution in [-0.2, 0) is 14.3 Å². The van der Waals surface area contributed by atoms with Gasteiger partial charge in [-0.1, -0.05) is 6.92 Å². The number of carbonyl (C=O) groups excluding carboxylic acids is 2. The molecule has 2 rings (SSSR count). The molecular formula is C20H25NO6. The molecule has 0 bridgehead atoms. The molecule has 0 saturated carbocycles. The van der Waals surface area contributed by atoms with Gasteiger partial charge in [-0.15, -0.1) is 0 Å². The summed E-state index contributed by atoms with van der Waals surface area (Å²) in [4.78, 5) is 26.8. The van der Waals surface area contributed by atoms with Gasteiger partial charge in [0.2, 0.25) is 5.75 Å². The quantitative estimate of drug-likeness (QED) is 0.539. The normalized spacial score (nSPS) is 15.4. The van der Waals surface area contributed by atoms with Gasteiger partial charge in [-0.3, -0.25) is 4.79 Å². The van der Waals surface area contributed by atoms with Crippen LogP contribution < -0.4 is 14.2 Å². The van der Waals surface area contributed by atoms with Crippen LogP contribution in [0, 0.1) is 0 Å². The molecule has 7 nitrogen and oxygen atoms in total. The van der Waals surface area contributed by atoms with Gasteiger partial charge in [0.15, 0.2) is 11.5 Å². The van der Waals surface area contributed by atoms with E-state index in [1.807, 2.05) is 6.92 Å². The minimum atomic E-state index is -0.551. The summed E-state index contributed by atoms with van der Waals surface area (Å²) in [6.07, 6.45) is 2.39. The third-order valence-corrected chi connectivity index (χ3v) is 4.38. The Morgan fingerprint density at radius 3 is 2.26 bits per heavy atom. The van der Waals surface area contributed by atoms with E-state index in [9.17, 15) is 9.59 Å². The van der Waals surface area contributed by atoms with Crippen molar-refractivity contribution >= 4 is 18.0 Å². The summed E-state index contributed by atoms with van der Waals surface area (Å²) in [6.45, 7) is 4.23. The number of ether oxygens (including phenoxy) is 4. The number of hydrogen-bond acceptors (Lipinski definition) is 6. The average molecular weight is 375 g/mol. The summed E-state index contributed by atoms with van der Waals surface area (Å²) in [5.74, 6) is 0.525. The number of carbonyl (C=O) groups is 2. The molecule has 146 valence electrons. The Morgan fingerprint density at radius 2 is 1.74 bits per heavy atom. The van der Waals surface area contributed by atoms with Crippen molar-refractivity contribution in [2.75, 3.05) is 35.0 Å². The van der Waals surface area contributed by atoms with Gasteiger partial charge in [-0.25, -0.2) is 4.79 Å². The first-order valence-electron chi connectivity index (χ1n) is 8.57. The number of hydrogen-bond donors (Lipinski definition) is 0. The van der Waals surface area contributed by atoms with E-state index in [1.54, 1.807) is 30.0 Å². The van der Waals surface area contributed by atoms with Crippen molar-refractivity contribution in [1.29, 1.82) is 0 Å². The Bertz CT molecular complexity index is 809. The number of benzene rings is 1. The van der Waals surface area contributed by atoms with Crippen LogP contribution in [0.25, 0.3) is 6.08 Å². The van der Waals surface area contributed by atoms with Crippen LogP contribution in [0.5, 0.6) is 17.2 Å². The Balaban J connectivity index is 2.66. The fourth-order valence-corrected chi connectivity index (χ4v) is 3.11. The second-order valence-electron chi connectivity index (χ2n) is 5.89. The largest absolute Gasteiger partial charge is 0.493 e. The lowest BCUT2D eigenvalue weighted by atomic mass is 10.0. The van der Waals surface area contributed by atoms with Crippen molar-refractivity contribution in [3.8, 4) is 17.2 Å². The van der Waals surface area contributed by atoms with Crippen molar-refractivity contribution in [3.63, 3.8) is 0 Å². The zero-order valence-electron chi connectivity index (χ0n) is 16.5. The van der Waals surface area contributed by atoms with Gasteiger partial charge < -0.3 is 23.8 Å². The Hall–Kier alpha value is -2.96. The van der Waals surface area contributed by atoms with E-state index in [-0.39, 0.29) is 17.1 Å². The van der Waals surface area contributed by atoms with E-state index in [1.165, 1.54) is 28.4 Å². The summed E-state index contributed by atoms with van der Waals surface area (Å²) in [5, 5.41) is 0. The highest BCUT2D eigenvalue weighted by atomic mass is 16.5. The third kappa shape index (κ3) is 3.63. The maximum absolute atomic E-state index is 12.9. The standard InChI is InChI=1S/C20H25NO6/c1-7-10-21-12(2)16(20(23)27-6)14(19(21)22)11-13-8-9-15(24-3)18(26-5)17(13)25-4/h8-9,11H,7,10H2,1-6H3/b14-11-. The van der Waals surface area contributed by atoms with Crippen LogP contribution in [0.4, 0.5) is 0 Å². The van der Waals surface area contributed by atoms with Gasteiger partial charge in [0.05, 0.1) is 39.6 Å². The van der Waals surface area contributed by atoms with Crippen molar-refractivity contribution in [2.24, 2.45) is 0 Å². The molecule has 0 unspecified atom stereocenters. The van der Waals surface area contributed by atoms with Gasteiger partial charge in [0.1, 0.15) is 0 Å². The van der Waals surface area contributed by atoms with Crippen LogP contribution in [0.15, 0.2) is 29.0 Å². The predicted octanol–water partition coefficient (Wildman–Crippen LogP) is 2.80. The number of rotatable bonds is 7. The lowest BCUT2D eigenvalue weighted by Crippen LogP contribution is -2.25. The van der Waals surface area contributed by atoms with Crippen LogP contribution in [0.3, 0.4) is 0 Å². The van der Waals surface area contributed by atoms with Crippen molar-refractivity contribution in [2.45, 2.75) is 20.3 Å². The average Bonchev–Trinajstić information content (AvgIpc) is 2.91. The number of methoxy groups -OCH3 is 4. The molecule has 1 aromatic carbocycles. The summed E-state index contributed by atoms with van der Waals surface area (Å²) >= 11 is 0. The van der Waals surface area contributed by atoms with E-state index in [0.29, 0.717) is 35.1 Å². The first-order valence-corrected chi connectivity index (χ1v) is 8.57. The molecule has 1 amide bonds. The van der Waals surface area contributed by atoms with Gasteiger partial charge >= 0.3 is 5.97 Å². The fourth-order valence-electron chi connectivity index (χ4n) is 3.11. The zero-order chi connectivity index (χ0) is 20.1. The number of esters is 1. The first kappa shape index (κ1) is 20.4. The summed E-state index contributed by atoms with van der Waals surface area (Å²) in [7, 11) is 5.83. The Labute approximate surface area is 159 Å². The summed E-state index contributed by atoms with van der Waals surface area (Å²) in [5.41, 5.74) is 1.69. The molecule has 1 aliphatic rings. The van der Waals surface area contributed by atoms with Crippen LogP contribution in [-0.4, -0.2) is 51.8 Å². The molecule has 0 aromatic heterocycles. The molecule has 0 aliphatic carbocycles. The van der Waals surface area contributed by atoms with Crippen LogP contribution in [0.1, 0.15) is 25.8 Å². The maximum Gasteiger partial charge on any atom is 0.340 e. The number of nitrogens with zero attached hydrogens (tertiary/aromatic N) is 1. The summed E-state index contributed by atoms with van der Waals surface area (Å²) in [6, 6.07) is 3.46. The highest BCUT2D eigenvalue weighted by molar-refractivity contribution is 6.16. The molecular weight excluding hydrogens is 350 g/mol. The number of amides is 1. The summed E-state index contributed by atoms with van der Waals surface area (Å²) < 4.78 is 21.0. The molecule has 0 saturated heterocycles. The Morgan fingerprint density at radius 1 is 1.07 bits per heavy atom. The molecule has 1 heterocycles. The van der Waals surface area contributed by atoms with Crippen molar-refractivity contribution in [3.05, 3.63) is 34.5 Å². The molecule has 0 N–H and O–H groups in total. The van der Waals surface area contributed by atoms with E-state index >= 15 is 0 Å². The van der Waals surface area contributed by atoms with Gasteiger partial charge in [0.25, 0.3) is 5.91 Å². The topological polar surface area (TPSA) is 74.3 Å².